The van der Waals surface area contributed by atoms with Gasteiger partial charge in [-0.1, -0.05) is 6.07 Å². The monoisotopic (exact) mass is 508 g/mol. The Kier molecular flexibility index (Phi) is 10.8. The van der Waals surface area contributed by atoms with Gasteiger partial charge >= 0.3 is 0 Å². The second-order valence-corrected chi connectivity index (χ2v) is 8.49. The number of unbranched alkanes of at least 4 members (excludes halogenated alkanes) is 1. The van der Waals surface area contributed by atoms with Crippen molar-refractivity contribution in [2.24, 2.45) is 0 Å². The number of imide groups is 1. The molecule has 3 rings (SSSR count). The van der Waals surface area contributed by atoms with E-state index in [-0.39, 0.29) is 43.4 Å². The summed E-state index contributed by atoms with van der Waals surface area (Å²) < 4.78 is 41.8. The number of ether oxygens (including phenoxy) is 5. The van der Waals surface area contributed by atoms with Crippen LogP contribution in [-0.2, 0) is 33.3 Å². The van der Waals surface area contributed by atoms with E-state index in [2.05, 4.69) is 5.32 Å². The number of rotatable bonds is 15. The van der Waals surface area contributed by atoms with Gasteiger partial charge in [-0.3, -0.25) is 19.3 Å². The largest absolute Gasteiger partial charge is 0.488 e. The zero-order valence-corrected chi connectivity index (χ0v) is 20.6. The molecule has 3 unspecified atom stereocenters. The number of amides is 3. The Balaban J connectivity index is 1.30. The van der Waals surface area contributed by atoms with Crippen molar-refractivity contribution in [2.75, 3.05) is 47.1 Å². The van der Waals surface area contributed by atoms with Crippen LogP contribution < -0.4 is 10.1 Å². The maximum Gasteiger partial charge on any atom is 0.253 e. The average molecular weight is 509 g/mol. The van der Waals surface area contributed by atoms with E-state index in [0.717, 1.165) is 24.2 Å². The van der Waals surface area contributed by atoms with Crippen molar-refractivity contribution in [3.05, 3.63) is 41.7 Å². The molecule has 36 heavy (non-hydrogen) atoms. The van der Waals surface area contributed by atoms with Crippen LogP contribution >= 0.6 is 0 Å². The number of benzene rings is 1. The first kappa shape index (κ1) is 27.7. The predicted molar refractivity (Wildman–Crippen MR) is 125 cm³/mol. The molecule has 0 aliphatic carbocycles. The summed E-state index contributed by atoms with van der Waals surface area (Å²) in [6.07, 6.45) is 3.67. The molecule has 11 heteroatoms. The molecule has 2 heterocycles. The van der Waals surface area contributed by atoms with Crippen molar-refractivity contribution >= 4 is 17.7 Å². The molecule has 0 saturated carbocycles. The summed E-state index contributed by atoms with van der Waals surface area (Å²) >= 11 is 0. The van der Waals surface area contributed by atoms with Crippen LogP contribution in [0, 0.1) is 5.82 Å². The van der Waals surface area contributed by atoms with Gasteiger partial charge in [-0.05, 0) is 31.4 Å². The molecular weight excluding hydrogens is 475 g/mol. The van der Waals surface area contributed by atoms with Gasteiger partial charge in [0.15, 0.2) is 17.9 Å². The Morgan fingerprint density at radius 3 is 2.67 bits per heavy atom. The minimum absolute atomic E-state index is 0.0698. The number of nitrogens with one attached hydrogen (secondary N) is 1. The third-order valence-corrected chi connectivity index (χ3v) is 5.83. The van der Waals surface area contributed by atoms with E-state index in [4.69, 9.17) is 23.7 Å². The normalized spacial score (nSPS) is 20.2. The SMILES string of the molecule is COCC(COc1ccc(C2OCC(CCCCNC(=O)CCN3C(=O)C=CC3=O)O2)cc1F)OC. The quantitative estimate of drug-likeness (QED) is 0.282. The molecule has 1 aromatic carbocycles. The lowest BCUT2D eigenvalue weighted by molar-refractivity contribution is -0.137. The van der Waals surface area contributed by atoms with E-state index in [9.17, 15) is 18.8 Å². The van der Waals surface area contributed by atoms with Crippen molar-refractivity contribution in [2.45, 2.75) is 44.2 Å². The maximum atomic E-state index is 14.5. The summed E-state index contributed by atoms with van der Waals surface area (Å²) in [5, 5.41) is 2.79. The van der Waals surface area contributed by atoms with Crippen molar-refractivity contribution in [3.8, 4) is 5.75 Å². The summed E-state index contributed by atoms with van der Waals surface area (Å²) in [7, 11) is 3.09. The van der Waals surface area contributed by atoms with Gasteiger partial charge < -0.3 is 29.0 Å². The van der Waals surface area contributed by atoms with E-state index in [0.29, 0.717) is 25.3 Å². The van der Waals surface area contributed by atoms with Gasteiger partial charge in [0.2, 0.25) is 5.91 Å². The lowest BCUT2D eigenvalue weighted by atomic mass is 10.1. The van der Waals surface area contributed by atoms with Crippen LogP contribution in [0.25, 0.3) is 0 Å². The molecule has 0 bridgehead atoms. The molecule has 1 saturated heterocycles. The van der Waals surface area contributed by atoms with E-state index >= 15 is 0 Å². The molecule has 0 spiro atoms. The van der Waals surface area contributed by atoms with Crippen molar-refractivity contribution < 1.29 is 42.5 Å². The topological polar surface area (TPSA) is 113 Å². The fourth-order valence-electron chi connectivity index (χ4n) is 3.79. The Morgan fingerprint density at radius 2 is 1.97 bits per heavy atom. The molecule has 0 radical (unpaired) electrons. The molecule has 1 aromatic rings. The number of carbonyl (C=O) groups excluding carboxylic acids is 3. The minimum Gasteiger partial charge on any atom is -0.488 e. The molecule has 1 N–H and O–H groups in total. The minimum atomic E-state index is -0.649. The lowest BCUT2D eigenvalue weighted by Gasteiger charge is -2.17. The van der Waals surface area contributed by atoms with Crippen LogP contribution in [0.15, 0.2) is 30.4 Å². The number of hydrogen-bond acceptors (Lipinski definition) is 8. The Hall–Kier alpha value is -2.86. The smallest absolute Gasteiger partial charge is 0.253 e. The lowest BCUT2D eigenvalue weighted by Crippen LogP contribution is -2.35. The van der Waals surface area contributed by atoms with Crippen LogP contribution in [-0.4, -0.2) is 82.0 Å². The average Bonchev–Trinajstić information content (AvgIpc) is 3.47. The number of halogens is 1. The molecule has 10 nitrogen and oxygen atoms in total. The third kappa shape index (κ3) is 8.09. The van der Waals surface area contributed by atoms with Gasteiger partial charge in [0, 0.05) is 51.4 Å². The predicted octanol–water partition coefficient (Wildman–Crippen LogP) is 1.88. The highest BCUT2D eigenvalue weighted by molar-refractivity contribution is 6.13. The molecule has 1 fully saturated rings. The van der Waals surface area contributed by atoms with Crippen LogP contribution in [0.4, 0.5) is 4.39 Å². The summed E-state index contributed by atoms with van der Waals surface area (Å²) in [4.78, 5) is 35.9. The van der Waals surface area contributed by atoms with Gasteiger partial charge in [-0.25, -0.2) is 4.39 Å². The van der Waals surface area contributed by atoms with Crippen LogP contribution in [0.3, 0.4) is 0 Å². The first-order chi connectivity index (χ1) is 17.4. The van der Waals surface area contributed by atoms with Crippen LogP contribution in [0.1, 0.15) is 37.5 Å². The second kappa shape index (κ2) is 14.0. The Bertz CT molecular complexity index is 923. The van der Waals surface area contributed by atoms with Gasteiger partial charge in [-0.15, -0.1) is 0 Å². The van der Waals surface area contributed by atoms with Gasteiger partial charge in [-0.2, -0.15) is 0 Å². The highest BCUT2D eigenvalue weighted by Crippen LogP contribution is 2.31. The first-order valence-corrected chi connectivity index (χ1v) is 11.9. The number of hydrogen-bond donors (Lipinski definition) is 1. The molecule has 0 aromatic heterocycles. The summed E-state index contributed by atoms with van der Waals surface area (Å²) in [6, 6.07) is 4.59. The number of nitrogens with zero attached hydrogens (tertiary/aromatic N) is 1. The number of methoxy groups -OCH3 is 2. The molecular formula is C25H33FN2O8. The summed E-state index contributed by atoms with van der Waals surface area (Å²) in [5.41, 5.74) is 0.569. The molecule has 3 amide bonds. The van der Waals surface area contributed by atoms with Crippen molar-refractivity contribution in [1.82, 2.24) is 10.2 Å². The third-order valence-electron chi connectivity index (χ3n) is 5.83. The zero-order valence-electron chi connectivity index (χ0n) is 20.6. The summed E-state index contributed by atoms with van der Waals surface area (Å²) in [5.74, 6) is -1.40. The Labute approximate surface area is 209 Å². The van der Waals surface area contributed by atoms with Crippen LogP contribution in [0.5, 0.6) is 5.75 Å². The van der Waals surface area contributed by atoms with E-state index < -0.39 is 23.9 Å². The first-order valence-electron chi connectivity index (χ1n) is 11.9. The maximum absolute atomic E-state index is 14.5. The van der Waals surface area contributed by atoms with E-state index in [1.807, 2.05) is 0 Å². The molecule has 2 aliphatic rings. The number of carbonyl (C=O) groups is 3. The van der Waals surface area contributed by atoms with Gasteiger partial charge in [0.1, 0.15) is 12.7 Å². The van der Waals surface area contributed by atoms with Gasteiger partial charge in [0.05, 0.1) is 19.3 Å². The Morgan fingerprint density at radius 1 is 1.19 bits per heavy atom. The highest BCUT2D eigenvalue weighted by Gasteiger charge is 2.28. The standard InChI is InChI=1S/C25H33FN2O8/c1-32-14-19(33-2)16-34-21-7-6-17(13-20(21)26)25-35-15-18(36-25)5-3-4-11-27-22(29)10-12-28-23(30)8-9-24(28)31/h6-9,13,18-19,25H,3-5,10-12,14-16H2,1-2H3,(H,27,29). The molecule has 3 atom stereocenters. The second-order valence-electron chi connectivity index (χ2n) is 8.49. The highest BCUT2D eigenvalue weighted by atomic mass is 19.1. The van der Waals surface area contributed by atoms with Crippen molar-refractivity contribution in [3.63, 3.8) is 0 Å². The van der Waals surface area contributed by atoms with E-state index in [1.54, 1.807) is 19.2 Å². The zero-order chi connectivity index (χ0) is 25.9. The van der Waals surface area contributed by atoms with Gasteiger partial charge in [0.25, 0.3) is 11.8 Å². The molecule has 2 aliphatic heterocycles. The molecule has 198 valence electrons. The fourth-order valence-corrected chi connectivity index (χ4v) is 3.79. The fraction of sp³-hybridized carbons (Fsp3) is 0.560. The van der Waals surface area contributed by atoms with Crippen LogP contribution in [0.2, 0.25) is 0 Å². The van der Waals surface area contributed by atoms with E-state index in [1.165, 1.54) is 25.3 Å². The van der Waals surface area contributed by atoms with Crippen molar-refractivity contribution in [1.29, 1.82) is 0 Å². The summed E-state index contributed by atoms with van der Waals surface area (Å²) in [6.45, 7) is 1.45.